The van der Waals surface area contributed by atoms with Crippen molar-refractivity contribution in [2.24, 2.45) is 0 Å². The molecule has 0 aliphatic carbocycles. The van der Waals surface area contributed by atoms with Gasteiger partial charge in [0.1, 0.15) is 5.76 Å². The molecule has 4 rings (SSSR count). The first-order valence-electron chi connectivity index (χ1n) is 9.50. The van der Waals surface area contributed by atoms with E-state index in [4.69, 9.17) is 28.2 Å². The maximum absolute atomic E-state index is 5.99. The average molecular weight is 424 g/mol. The lowest BCUT2D eigenvalue weighted by atomic mass is 10.1. The van der Waals surface area contributed by atoms with Crippen LogP contribution in [0.5, 0.6) is 0 Å². The van der Waals surface area contributed by atoms with E-state index in [2.05, 4.69) is 46.4 Å². The second kappa shape index (κ2) is 8.72. The molecule has 0 saturated heterocycles. The monoisotopic (exact) mass is 423 g/mol. The number of nitrogens with zero attached hydrogens (tertiary/aromatic N) is 1. The molecule has 0 aliphatic rings. The minimum Gasteiger partial charge on any atom is -0.467 e. The van der Waals surface area contributed by atoms with Crippen molar-refractivity contribution in [2.45, 2.75) is 19.9 Å². The topological polar surface area (TPSA) is 44.2 Å². The molecule has 0 radical (unpaired) electrons. The molecular formula is C23H22ClN3OS. The highest BCUT2D eigenvalue weighted by Gasteiger charge is 2.15. The summed E-state index contributed by atoms with van der Waals surface area (Å²) in [7, 11) is 0. The van der Waals surface area contributed by atoms with Gasteiger partial charge in [0.25, 0.3) is 0 Å². The van der Waals surface area contributed by atoms with Gasteiger partial charge in [0.05, 0.1) is 12.8 Å². The van der Waals surface area contributed by atoms with Crippen molar-refractivity contribution in [1.29, 1.82) is 0 Å². The lowest BCUT2D eigenvalue weighted by Gasteiger charge is -2.25. The van der Waals surface area contributed by atoms with Gasteiger partial charge in [0.2, 0.25) is 0 Å². The largest absolute Gasteiger partial charge is 0.467 e. The molecule has 0 spiro atoms. The minimum absolute atomic E-state index is 0.605. The molecule has 0 amide bonds. The number of rotatable bonds is 6. The molecule has 2 aromatic heterocycles. The smallest absolute Gasteiger partial charge is 0.173 e. The molecule has 0 bridgehead atoms. The van der Waals surface area contributed by atoms with Gasteiger partial charge in [-0.15, -0.1) is 0 Å². The van der Waals surface area contributed by atoms with Crippen molar-refractivity contribution in [3.8, 4) is 0 Å². The summed E-state index contributed by atoms with van der Waals surface area (Å²) in [6.07, 6.45) is 2.56. The summed E-state index contributed by atoms with van der Waals surface area (Å²) in [4.78, 5) is 5.60. The molecule has 2 heterocycles. The summed E-state index contributed by atoms with van der Waals surface area (Å²) in [5.41, 5.74) is 4.59. The van der Waals surface area contributed by atoms with E-state index in [0.717, 1.165) is 24.4 Å². The van der Waals surface area contributed by atoms with Crippen molar-refractivity contribution in [3.63, 3.8) is 0 Å². The standard InChI is InChI=1S/C23H22ClN3OS/c1-16-20(21-6-2-3-7-22(21)25-16)12-13-27(15-19-5-4-14-28-19)23(29)26-18-10-8-17(24)9-11-18/h2-11,14,25H,12-13,15H2,1H3,(H,26,29). The first-order chi connectivity index (χ1) is 14.1. The number of H-pyrrole nitrogens is 1. The van der Waals surface area contributed by atoms with Crippen LogP contribution < -0.4 is 5.32 Å². The Morgan fingerprint density at radius 3 is 2.66 bits per heavy atom. The van der Waals surface area contributed by atoms with E-state index >= 15 is 0 Å². The van der Waals surface area contributed by atoms with E-state index in [1.807, 2.05) is 36.4 Å². The van der Waals surface area contributed by atoms with Gasteiger partial charge in [-0.3, -0.25) is 0 Å². The molecule has 6 heteroatoms. The molecule has 2 aromatic carbocycles. The normalized spacial score (nSPS) is 11.0. The highest BCUT2D eigenvalue weighted by molar-refractivity contribution is 7.80. The fourth-order valence-corrected chi connectivity index (χ4v) is 3.88. The van der Waals surface area contributed by atoms with E-state index in [1.54, 1.807) is 6.26 Å². The molecule has 148 valence electrons. The number of hydrogen-bond acceptors (Lipinski definition) is 2. The highest BCUT2D eigenvalue weighted by atomic mass is 35.5. The minimum atomic E-state index is 0.605. The van der Waals surface area contributed by atoms with Crippen molar-refractivity contribution >= 4 is 45.5 Å². The number of aryl methyl sites for hydroxylation is 1. The van der Waals surface area contributed by atoms with Gasteiger partial charge in [-0.25, -0.2) is 0 Å². The maximum atomic E-state index is 5.99. The van der Waals surface area contributed by atoms with Gasteiger partial charge < -0.3 is 19.6 Å². The molecule has 0 unspecified atom stereocenters. The number of furan rings is 1. The quantitative estimate of drug-likeness (QED) is 0.364. The Kier molecular flexibility index (Phi) is 5.88. The van der Waals surface area contributed by atoms with Crippen molar-refractivity contribution < 1.29 is 4.42 Å². The first-order valence-corrected chi connectivity index (χ1v) is 10.3. The molecule has 4 nitrogen and oxygen atoms in total. The van der Waals surface area contributed by atoms with Crippen LogP contribution in [-0.2, 0) is 13.0 Å². The SMILES string of the molecule is Cc1[nH]c2ccccc2c1CCN(Cc1ccco1)C(=S)Nc1ccc(Cl)cc1. The Hall–Kier alpha value is -2.76. The van der Waals surface area contributed by atoms with Gasteiger partial charge in [0, 0.05) is 33.9 Å². The predicted molar refractivity (Wildman–Crippen MR) is 124 cm³/mol. The van der Waals surface area contributed by atoms with Crippen LogP contribution in [0.15, 0.2) is 71.3 Å². The van der Waals surface area contributed by atoms with Gasteiger partial charge in [-0.1, -0.05) is 29.8 Å². The Morgan fingerprint density at radius 1 is 1.10 bits per heavy atom. The molecule has 2 N–H and O–H groups in total. The molecule has 4 aromatic rings. The number of thiocarbonyl (C=S) groups is 1. The first kappa shape index (κ1) is 19.6. The second-order valence-corrected chi connectivity index (χ2v) is 7.79. The Bertz CT molecular complexity index is 1100. The number of fused-ring (bicyclic) bond motifs is 1. The molecule has 0 atom stereocenters. The number of para-hydroxylation sites is 1. The van der Waals surface area contributed by atoms with E-state index in [1.165, 1.54) is 22.2 Å². The number of anilines is 1. The summed E-state index contributed by atoms with van der Waals surface area (Å²) in [5.74, 6) is 0.876. The number of halogens is 1. The van der Waals surface area contributed by atoms with Gasteiger partial charge in [0.15, 0.2) is 5.11 Å². The van der Waals surface area contributed by atoms with Crippen LogP contribution in [0.25, 0.3) is 10.9 Å². The fourth-order valence-electron chi connectivity index (χ4n) is 3.48. The second-order valence-electron chi connectivity index (χ2n) is 6.96. The molecule has 0 aliphatic heterocycles. The zero-order valence-electron chi connectivity index (χ0n) is 16.1. The Morgan fingerprint density at radius 2 is 1.90 bits per heavy atom. The van der Waals surface area contributed by atoms with Gasteiger partial charge >= 0.3 is 0 Å². The van der Waals surface area contributed by atoms with E-state index in [-0.39, 0.29) is 0 Å². The molecule has 0 saturated carbocycles. The van der Waals surface area contributed by atoms with Crippen LogP contribution in [0.2, 0.25) is 5.02 Å². The summed E-state index contributed by atoms with van der Waals surface area (Å²) >= 11 is 11.7. The highest BCUT2D eigenvalue weighted by Crippen LogP contribution is 2.23. The van der Waals surface area contributed by atoms with Crippen molar-refractivity contribution in [2.75, 3.05) is 11.9 Å². The third-order valence-electron chi connectivity index (χ3n) is 4.97. The number of hydrogen-bond donors (Lipinski definition) is 2. The van der Waals surface area contributed by atoms with Crippen LogP contribution >= 0.6 is 23.8 Å². The average Bonchev–Trinajstić information content (AvgIpc) is 3.34. The van der Waals surface area contributed by atoms with Crippen molar-refractivity contribution in [1.82, 2.24) is 9.88 Å². The van der Waals surface area contributed by atoms with E-state index in [9.17, 15) is 0 Å². The summed E-state index contributed by atoms with van der Waals surface area (Å²) in [6.45, 7) is 3.49. The number of aromatic amines is 1. The van der Waals surface area contributed by atoms with Crippen LogP contribution in [0.4, 0.5) is 5.69 Å². The van der Waals surface area contributed by atoms with Gasteiger partial charge in [-0.05, 0) is 73.6 Å². The zero-order chi connectivity index (χ0) is 20.2. The lowest BCUT2D eigenvalue weighted by molar-refractivity contribution is 0.368. The summed E-state index contributed by atoms with van der Waals surface area (Å²) in [5, 5.41) is 5.93. The maximum Gasteiger partial charge on any atom is 0.173 e. The molecular weight excluding hydrogens is 402 g/mol. The molecule has 29 heavy (non-hydrogen) atoms. The Labute approximate surface area is 180 Å². The summed E-state index contributed by atoms with van der Waals surface area (Å²) < 4.78 is 5.56. The molecule has 0 fully saturated rings. The lowest BCUT2D eigenvalue weighted by Crippen LogP contribution is -2.35. The number of aromatic nitrogens is 1. The van der Waals surface area contributed by atoms with E-state index in [0.29, 0.717) is 16.7 Å². The van der Waals surface area contributed by atoms with Crippen LogP contribution in [0.1, 0.15) is 17.0 Å². The van der Waals surface area contributed by atoms with Gasteiger partial charge in [-0.2, -0.15) is 0 Å². The van der Waals surface area contributed by atoms with Crippen LogP contribution in [-0.4, -0.2) is 21.5 Å². The zero-order valence-corrected chi connectivity index (χ0v) is 17.7. The third-order valence-corrected chi connectivity index (χ3v) is 5.58. The number of benzene rings is 2. The predicted octanol–water partition coefficient (Wildman–Crippen LogP) is 6.16. The number of nitrogens with one attached hydrogen (secondary N) is 2. The van der Waals surface area contributed by atoms with Crippen LogP contribution in [0, 0.1) is 6.92 Å². The van der Waals surface area contributed by atoms with Crippen molar-refractivity contribution in [3.05, 3.63) is 89.0 Å². The fraction of sp³-hybridized carbons (Fsp3) is 0.174. The summed E-state index contributed by atoms with van der Waals surface area (Å²) in [6, 6.07) is 19.8. The third kappa shape index (κ3) is 4.63. The van der Waals surface area contributed by atoms with E-state index < -0.39 is 0 Å². The van der Waals surface area contributed by atoms with Crippen LogP contribution in [0.3, 0.4) is 0 Å². The Balaban J connectivity index is 1.52.